The van der Waals surface area contributed by atoms with E-state index in [1.807, 2.05) is 57.2 Å². The highest BCUT2D eigenvalue weighted by molar-refractivity contribution is 5.88. The van der Waals surface area contributed by atoms with Crippen LogP contribution in [0.1, 0.15) is 20.8 Å². The van der Waals surface area contributed by atoms with Crippen LogP contribution in [-0.4, -0.2) is 20.4 Å². The first-order chi connectivity index (χ1) is 12.3. The van der Waals surface area contributed by atoms with Gasteiger partial charge in [0.25, 0.3) is 0 Å². The lowest BCUT2D eigenvalue weighted by Crippen LogP contribution is -2.40. The summed E-state index contributed by atoms with van der Waals surface area (Å²) in [6.07, 6.45) is 1.22. The minimum atomic E-state index is -0.562. The van der Waals surface area contributed by atoms with Crippen LogP contribution in [0.2, 0.25) is 0 Å². The van der Waals surface area contributed by atoms with Gasteiger partial charge < -0.3 is 4.74 Å². The van der Waals surface area contributed by atoms with Crippen molar-refractivity contribution in [2.45, 2.75) is 26.3 Å². The molecular weight excluding hydrogens is 334 g/mol. The molecule has 1 aromatic heterocycles. The van der Waals surface area contributed by atoms with Gasteiger partial charge in [0, 0.05) is 10.9 Å². The summed E-state index contributed by atoms with van der Waals surface area (Å²) in [5.41, 5.74) is 5.08. The van der Waals surface area contributed by atoms with Crippen molar-refractivity contribution < 1.29 is 9.66 Å². The zero-order chi connectivity index (χ0) is 18.7. The van der Waals surface area contributed by atoms with Crippen LogP contribution in [0.5, 0.6) is 11.6 Å². The number of hydrogen-bond acceptors (Lipinski definition) is 7. The molecule has 0 bridgehead atoms. The van der Waals surface area contributed by atoms with Crippen LogP contribution < -0.4 is 15.6 Å². The van der Waals surface area contributed by atoms with Gasteiger partial charge in [0.15, 0.2) is 0 Å². The summed E-state index contributed by atoms with van der Waals surface area (Å²) in [5, 5.41) is 13.4. The molecule has 3 rings (SSSR count). The fourth-order valence-corrected chi connectivity index (χ4v) is 2.33. The van der Waals surface area contributed by atoms with Crippen LogP contribution in [-0.2, 0) is 0 Å². The molecular formula is C18H19N5O3. The number of hydrazine groups is 1. The molecule has 0 aliphatic rings. The molecule has 2 N–H and O–H groups in total. The second-order valence-corrected chi connectivity index (χ2v) is 6.71. The average Bonchev–Trinajstić information content (AvgIpc) is 2.59. The van der Waals surface area contributed by atoms with Gasteiger partial charge in [-0.2, -0.15) is 4.98 Å². The Morgan fingerprint density at radius 3 is 2.54 bits per heavy atom. The molecule has 2 aromatic carbocycles. The Labute approximate surface area is 150 Å². The van der Waals surface area contributed by atoms with E-state index in [2.05, 4.69) is 20.8 Å². The number of benzene rings is 2. The van der Waals surface area contributed by atoms with E-state index in [0.29, 0.717) is 5.75 Å². The highest BCUT2D eigenvalue weighted by Crippen LogP contribution is 2.36. The van der Waals surface area contributed by atoms with Gasteiger partial charge in [0.2, 0.25) is 5.82 Å². The summed E-state index contributed by atoms with van der Waals surface area (Å²) in [7, 11) is 0. The number of hydrogen-bond donors (Lipinski definition) is 2. The van der Waals surface area contributed by atoms with E-state index in [4.69, 9.17) is 4.74 Å². The standard InChI is InChI=1S/C18H19N5O3/c1-18(2,3)22-21-16-15(23(24)25)17(20-11-19-16)26-14-10-6-8-12-7-4-5-9-13(12)14/h4-11,22H,1-3H3,(H,19,20,21). The van der Waals surface area contributed by atoms with E-state index in [1.54, 1.807) is 6.07 Å². The molecule has 0 spiro atoms. The Bertz CT molecular complexity index is 948. The largest absolute Gasteiger partial charge is 0.433 e. The third kappa shape index (κ3) is 3.86. The number of ether oxygens (including phenoxy) is 1. The van der Waals surface area contributed by atoms with Crippen LogP contribution in [0.15, 0.2) is 48.8 Å². The Balaban J connectivity index is 2.00. The quantitative estimate of drug-likeness (QED) is 0.527. The highest BCUT2D eigenvalue weighted by atomic mass is 16.6. The van der Waals surface area contributed by atoms with Crippen molar-refractivity contribution in [3.8, 4) is 11.6 Å². The summed E-state index contributed by atoms with van der Waals surface area (Å²) in [6, 6.07) is 13.1. The first kappa shape index (κ1) is 17.6. The molecule has 0 atom stereocenters. The van der Waals surface area contributed by atoms with Crippen molar-refractivity contribution in [2.75, 3.05) is 5.43 Å². The maximum Gasteiger partial charge on any atom is 0.374 e. The minimum absolute atomic E-state index is 0.0372. The Morgan fingerprint density at radius 2 is 1.81 bits per heavy atom. The minimum Gasteiger partial charge on any atom is -0.433 e. The molecule has 8 nitrogen and oxygen atoms in total. The van der Waals surface area contributed by atoms with E-state index in [1.165, 1.54) is 6.33 Å². The maximum atomic E-state index is 11.6. The lowest BCUT2D eigenvalue weighted by Gasteiger charge is -2.21. The van der Waals surface area contributed by atoms with Crippen LogP contribution in [0, 0.1) is 10.1 Å². The van der Waals surface area contributed by atoms with Gasteiger partial charge in [-0.25, -0.2) is 10.4 Å². The second-order valence-electron chi connectivity index (χ2n) is 6.71. The molecule has 134 valence electrons. The van der Waals surface area contributed by atoms with Gasteiger partial charge in [-0.05, 0) is 32.2 Å². The number of aromatic nitrogens is 2. The van der Waals surface area contributed by atoms with Crippen LogP contribution in [0.3, 0.4) is 0 Å². The molecule has 0 saturated heterocycles. The van der Waals surface area contributed by atoms with E-state index in [-0.39, 0.29) is 22.9 Å². The van der Waals surface area contributed by atoms with Crippen LogP contribution >= 0.6 is 0 Å². The zero-order valence-electron chi connectivity index (χ0n) is 14.7. The zero-order valence-corrected chi connectivity index (χ0v) is 14.7. The van der Waals surface area contributed by atoms with Gasteiger partial charge in [-0.15, -0.1) is 0 Å². The molecule has 0 aliphatic carbocycles. The number of fused-ring (bicyclic) bond motifs is 1. The summed E-state index contributed by atoms with van der Waals surface area (Å²) in [5.74, 6) is 0.398. The first-order valence-corrected chi connectivity index (χ1v) is 8.03. The van der Waals surface area contributed by atoms with Crippen molar-refractivity contribution in [3.05, 3.63) is 58.9 Å². The molecule has 0 amide bonds. The SMILES string of the molecule is CC(C)(C)NNc1ncnc(Oc2cccc3ccccc23)c1[N+](=O)[O-]. The summed E-state index contributed by atoms with van der Waals surface area (Å²) in [4.78, 5) is 19.0. The number of rotatable bonds is 5. The normalized spacial score (nSPS) is 11.3. The van der Waals surface area contributed by atoms with Gasteiger partial charge in [0.05, 0.1) is 4.92 Å². The van der Waals surface area contributed by atoms with E-state index >= 15 is 0 Å². The van der Waals surface area contributed by atoms with E-state index in [9.17, 15) is 10.1 Å². The fraction of sp³-hybridized carbons (Fsp3) is 0.222. The number of nitrogens with zero attached hydrogens (tertiary/aromatic N) is 3. The predicted octanol–water partition coefficient (Wildman–Crippen LogP) is 4.05. The molecule has 0 unspecified atom stereocenters. The molecule has 0 fully saturated rings. The van der Waals surface area contributed by atoms with Gasteiger partial charge in [-0.1, -0.05) is 36.4 Å². The monoisotopic (exact) mass is 353 g/mol. The van der Waals surface area contributed by atoms with Crippen molar-refractivity contribution in [3.63, 3.8) is 0 Å². The average molecular weight is 353 g/mol. The van der Waals surface area contributed by atoms with Crippen molar-refractivity contribution >= 4 is 22.3 Å². The third-order valence-electron chi connectivity index (χ3n) is 3.48. The van der Waals surface area contributed by atoms with Gasteiger partial charge in [-0.3, -0.25) is 15.5 Å². The maximum absolute atomic E-state index is 11.6. The molecule has 8 heteroatoms. The van der Waals surface area contributed by atoms with Gasteiger partial charge >= 0.3 is 11.6 Å². The fourth-order valence-electron chi connectivity index (χ4n) is 2.33. The molecule has 0 radical (unpaired) electrons. The molecule has 0 aliphatic heterocycles. The topological polar surface area (TPSA) is 102 Å². The highest BCUT2D eigenvalue weighted by Gasteiger charge is 2.26. The van der Waals surface area contributed by atoms with Crippen LogP contribution in [0.4, 0.5) is 11.5 Å². The molecule has 0 saturated carbocycles. The Morgan fingerprint density at radius 1 is 1.08 bits per heavy atom. The lowest BCUT2D eigenvalue weighted by atomic mass is 10.1. The predicted molar refractivity (Wildman–Crippen MR) is 99.2 cm³/mol. The lowest BCUT2D eigenvalue weighted by molar-refractivity contribution is -0.385. The molecule has 3 aromatic rings. The molecule has 26 heavy (non-hydrogen) atoms. The second kappa shape index (κ2) is 6.93. The summed E-state index contributed by atoms with van der Waals surface area (Å²) >= 11 is 0. The van der Waals surface area contributed by atoms with Crippen molar-refractivity contribution in [1.82, 2.24) is 15.4 Å². The summed E-state index contributed by atoms with van der Waals surface area (Å²) in [6.45, 7) is 5.75. The van der Waals surface area contributed by atoms with Crippen molar-refractivity contribution in [2.24, 2.45) is 0 Å². The first-order valence-electron chi connectivity index (χ1n) is 8.03. The van der Waals surface area contributed by atoms with Crippen molar-refractivity contribution in [1.29, 1.82) is 0 Å². The molecule has 1 heterocycles. The number of nitrogens with one attached hydrogen (secondary N) is 2. The van der Waals surface area contributed by atoms with Crippen LogP contribution in [0.25, 0.3) is 10.8 Å². The Kier molecular flexibility index (Phi) is 4.68. The number of anilines is 1. The Hall–Kier alpha value is -3.26. The summed E-state index contributed by atoms with van der Waals surface area (Å²) < 4.78 is 5.80. The van der Waals surface area contributed by atoms with E-state index < -0.39 is 4.92 Å². The third-order valence-corrected chi connectivity index (χ3v) is 3.48. The smallest absolute Gasteiger partial charge is 0.374 e. The van der Waals surface area contributed by atoms with Gasteiger partial charge in [0.1, 0.15) is 12.1 Å². The van der Waals surface area contributed by atoms with E-state index in [0.717, 1.165) is 10.8 Å². The number of nitro groups is 1.